The molecule has 1 N–H and O–H groups in total. The van der Waals surface area contributed by atoms with Crippen LogP contribution in [0.15, 0.2) is 48.8 Å². The van der Waals surface area contributed by atoms with E-state index in [0.29, 0.717) is 12.1 Å². The van der Waals surface area contributed by atoms with E-state index < -0.39 is 0 Å². The first-order valence-corrected chi connectivity index (χ1v) is 6.76. The maximum Gasteiger partial charge on any atom is 0.251 e. The fraction of sp³-hybridized carbons (Fsp3) is 0.143. The highest BCUT2D eigenvalue weighted by Gasteiger charge is 2.03. The van der Waals surface area contributed by atoms with E-state index >= 15 is 0 Å². The Kier molecular flexibility index (Phi) is 4.69. The van der Waals surface area contributed by atoms with Crippen molar-refractivity contribution in [2.24, 2.45) is 0 Å². The van der Waals surface area contributed by atoms with Gasteiger partial charge in [0.15, 0.2) is 0 Å². The minimum Gasteiger partial charge on any atom is -0.352 e. The van der Waals surface area contributed by atoms with Crippen molar-refractivity contribution in [1.82, 2.24) is 10.3 Å². The lowest BCUT2D eigenvalue weighted by Gasteiger charge is -2.05. The van der Waals surface area contributed by atoms with Gasteiger partial charge in [0.1, 0.15) is 0 Å². The Labute approximate surface area is 120 Å². The smallest absolute Gasteiger partial charge is 0.251 e. The summed E-state index contributed by atoms with van der Waals surface area (Å²) in [7, 11) is 0. The Bertz CT molecular complexity index is 511. The van der Waals surface area contributed by atoms with Crippen molar-refractivity contribution >= 4 is 28.5 Å². The Morgan fingerprint density at radius 3 is 2.67 bits per heavy atom. The summed E-state index contributed by atoms with van der Waals surface area (Å²) in [5.41, 5.74) is 1.82. The van der Waals surface area contributed by atoms with Gasteiger partial charge in [-0.15, -0.1) is 0 Å². The van der Waals surface area contributed by atoms with Gasteiger partial charge in [-0.1, -0.05) is 6.07 Å². The van der Waals surface area contributed by atoms with Crippen LogP contribution < -0.4 is 5.32 Å². The van der Waals surface area contributed by atoms with E-state index in [-0.39, 0.29) is 5.91 Å². The van der Waals surface area contributed by atoms with Crippen LogP contribution in [0.3, 0.4) is 0 Å². The summed E-state index contributed by atoms with van der Waals surface area (Å²) in [4.78, 5) is 15.9. The Hall–Kier alpha value is -1.43. The van der Waals surface area contributed by atoms with Crippen LogP contribution in [0.1, 0.15) is 15.9 Å². The van der Waals surface area contributed by atoms with Crippen molar-refractivity contribution in [3.05, 3.63) is 63.5 Å². The summed E-state index contributed by atoms with van der Waals surface area (Å²) >= 11 is 2.22. The zero-order valence-corrected chi connectivity index (χ0v) is 11.9. The maximum absolute atomic E-state index is 11.8. The van der Waals surface area contributed by atoms with Crippen molar-refractivity contribution < 1.29 is 4.79 Å². The van der Waals surface area contributed by atoms with Crippen molar-refractivity contribution in [2.75, 3.05) is 6.54 Å². The molecule has 3 nitrogen and oxygen atoms in total. The number of rotatable bonds is 4. The predicted octanol–water partition coefficient (Wildman–Crippen LogP) is 2.66. The summed E-state index contributed by atoms with van der Waals surface area (Å²) in [5, 5.41) is 2.90. The largest absolute Gasteiger partial charge is 0.352 e. The van der Waals surface area contributed by atoms with Crippen molar-refractivity contribution in [3.8, 4) is 0 Å². The zero-order chi connectivity index (χ0) is 12.8. The van der Waals surface area contributed by atoms with Crippen molar-refractivity contribution in [1.29, 1.82) is 0 Å². The third-order valence-corrected chi connectivity index (χ3v) is 3.25. The molecule has 1 aromatic heterocycles. The molecular formula is C14H13IN2O. The van der Waals surface area contributed by atoms with Crippen LogP contribution in [0.5, 0.6) is 0 Å². The van der Waals surface area contributed by atoms with E-state index in [4.69, 9.17) is 0 Å². The average molecular weight is 352 g/mol. The van der Waals surface area contributed by atoms with Crippen LogP contribution in [0.2, 0.25) is 0 Å². The molecule has 0 spiro atoms. The quantitative estimate of drug-likeness (QED) is 0.860. The zero-order valence-electron chi connectivity index (χ0n) is 9.77. The van der Waals surface area contributed by atoms with E-state index in [0.717, 1.165) is 15.6 Å². The number of aromatic nitrogens is 1. The van der Waals surface area contributed by atoms with E-state index in [2.05, 4.69) is 32.9 Å². The van der Waals surface area contributed by atoms with E-state index in [1.54, 1.807) is 6.20 Å². The van der Waals surface area contributed by atoms with E-state index in [1.165, 1.54) is 0 Å². The number of nitrogens with one attached hydrogen (secondary N) is 1. The van der Waals surface area contributed by atoms with Crippen molar-refractivity contribution in [2.45, 2.75) is 6.42 Å². The van der Waals surface area contributed by atoms with Gasteiger partial charge in [0.2, 0.25) is 0 Å². The summed E-state index contributed by atoms with van der Waals surface area (Å²) < 4.78 is 1.12. The lowest BCUT2D eigenvalue weighted by atomic mass is 10.2. The average Bonchev–Trinajstić information content (AvgIpc) is 2.40. The molecule has 0 unspecified atom stereocenters. The molecule has 2 aromatic rings. The molecule has 4 heteroatoms. The lowest BCUT2D eigenvalue weighted by Crippen LogP contribution is -2.25. The molecule has 0 fully saturated rings. The van der Waals surface area contributed by atoms with Gasteiger partial charge in [-0.3, -0.25) is 9.78 Å². The highest BCUT2D eigenvalue weighted by atomic mass is 127. The highest BCUT2D eigenvalue weighted by Crippen LogP contribution is 2.06. The molecule has 0 aliphatic carbocycles. The fourth-order valence-electron chi connectivity index (χ4n) is 1.57. The van der Waals surface area contributed by atoms with Gasteiger partial charge in [-0.2, -0.15) is 0 Å². The number of hydrogen-bond acceptors (Lipinski definition) is 2. The molecule has 1 heterocycles. The number of pyridine rings is 1. The van der Waals surface area contributed by atoms with Gasteiger partial charge < -0.3 is 5.32 Å². The number of hydrogen-bond donors (Lipinski definition) is 1. The van der Waals surface area contributed by atoms with Crippen molar-refractivity contribution in [3.63, 3.8) is 0 Å². The molecule has 0 bridgehead atoms. The third-order valence-electron chi connectivity index (χ3n) is 2.53. The molecule has 1 amide bonds. The first-order valence-electron chi connectivity index (χ1n) is 5.68. The Morgan fingerprint density at radius 1 is 1.22 bits per heavy atom. The minimum absolute atomic E-state index is 0.0321. The van der Waals surface area contributed by atoms with Gasteiger partial charge in [0.05, 0.1) is 0 Å². The van der Waals surface area contributed by atoms with Gasteiger partial charge in [-0.25, -0.2) is 0 Å². The second-order valence-corrected chi connectivity index (χ2v) is 5.12. The van der Waals surface area contributed by atoms with Gasteiger partial charge in [0.25, 0.3) is 5.91 Å². The second kappa shape index (κ2) is 6.49. The second-order valence-electron chi connectivity index (χ2n) is 3.87. The van der Waals surface area contributed by atoms with E-state index in [1.807, 2.05) is 42.6 Å². The highest BCUT2D eigenvalue weighted by molar-refractivity contribution is 14.1. The normalized spacial score (nSPS) is 10.1. The third kappa shape index (κ3) is 3.80. The number of carbonyl (C=O) groups is 1. The number of nitrogens with zero attached hydrogens (tertiary/aromatic N) is 1. The summed E-state index contributed by atoms with van der Waals surface area (Å²) in [6, 6.07) is 11.4. The van der Waals surface area contributed by atoms with Crippen LogP contribution in [0, 0.1) is 3.57 Å². The molecule has 1 aromatic carbocycles. The number of halogens is 1. The number of carbonyl (C=O) groups excluding carboxylic acids is 1. The standard InChI is InChI=1S/C14H13IN2O/c15-13-5-3-12(4-6-13)14(18)17-9-7-11-2-1-8-16-10-11/h1-6,8,10H,7,9H2,(H,17,18). The molecule has 0 radical (unpaired) electrons. The summed E-state index contributed by atoms with van der Waals surface area (Å²) in [6.07, 6.45) is 4.36. The first kappa shape index (κ1) is 13.0. The van der Waals surface area contributed by atoms with E-state index in [9.17, 15) is 4.79 Å². The molecule has 0 saturated carbocycles. The summed E-state index contributed by atoms with van der Waals surface area (Å²) in [5.74, 6) is -0.0321. The molecule has 2 rings (SSSR count). The molecule has 92 valence electrons. The number of benzene rings is 1. The van der Waals surface area contributed by atoms with Gasteiger partial charge in [0, 0.05) is 28.1 Å². The van der Waals surface area contributed by atoms with Crippen LogP contribution in [-0.4, -0.2) is 17.4 Å². The first-order chi connectivity index (χ1) is 8.75. The summed E-state index contributed by atoms with van der Waals surface area (Å²) in [6.45, 7) is 0.622. The topological polar surface area (TPSA) is 42.0 Å². The molecule has 0 saturated heterocycles. The van der Waals surface area contributed by atoms with Crippen LogP contribution in [-0.2, 0) is 6.42 Å². The lowest BCUT2D eigenvalue weighted by molar-refractivity contribution is 0.0954. The molecule has 18 heavy (non-hydrogen) atoms. The number of amides is 1. The monoisotopic (exact) mass is 352 g/mol. The van der Waals surface area contributed by atoms with Crippen LogP contribution in [0.25, 0.3) is 0 Å². The predicted molar refractivity (Wildman–Crippen MR) is 79.4 cm³/mol. The fourth-order valence-corrected chi connectivity index (χ4v) is 1.93. The molecule has 0 aliphatic rings. The Morgan fingerprint density at radius 2 is 2.00 bits per heavy atom. The maximum atomic E-state index is 11.8. The van der Waals surface area contributed by atoms with Gasteiger partial charge in [-0.05, 0) is 64.9 Å². The minimum atomic E-state index is -0.0321. The molecular weight excluding hydrogens is 339 g/mol. The molecule has 0 atom stereocenters. The van der Waals surface area contributed by atoms with Gasteiger partial charge >= 0.3 is 0 Å². The van der Waals surface area contributed by atoms with Crippen LogP contribution in [0.4, 0.5) is 0 Å². The SMILES string of the molecule is O=C(NCCc1cccnc1)c1ccc(I)cc1. The Balaban J connectivity index is 1.84. The molecule has 0 aliphatic heterocycles. The van der Waals surface area contributed by atoms with Crippen LogP contribution >= 0.6 is 22.6 Å².